The van der Waals surface area contributed by atoms with Gasteiger partial charge in [-0.3, -0.25) is 9.78 Å². The van der Waals surface area contributed by atoms with Gasteiger partial charge in [-0.1, -0.05) is 73.7 Å². The number of aromatic nitrogens is 2. The van der Waals surface area contributed by atoms with Crippen molar-refractivity contribution in [3.63, 3.8) is 0 Å². The summed E-state index contributed by atoms with van der Waals surface area (Å²) >= 11 is 1.81. The normalized spacial score (nSPS) is 13.9. The summed E-state index contributed by atoms with van der Waals surface area (Å²) in [5, 5.41) is 10.9. The number of ether oxygens (including phenoxy) is 2. The Hall–Kier alpha value is -5.08. The van der Waals surface area contributed by atoms with Gasteiger partial charge in [0.05, 0.1) is 23.3 Å². The number of carboxylic acid groups (broad SMARTS) is 1. The zero-order valence-corrected chi connectivity index (χ0v) is 26.7. The molecule has 47 heavy (non-hydrogen) atoms. The third-order valence-corrected chi connectivity index (χ3v) is 9.65. The third kappa shape index (κ3) is 6.60. The van der Waals surface area contributed by atoms with Gasteiger partial charge in [-0.25, -0.2) is 4.39 Å². The molecule has 236 valence electrons. The molecule has 0 amide bonds. The van der Waals surface area contributed by atoms with Crippen LogP contribution in [0.15, 0.2) is 114 Å². The molecule has 0 radical (unpaired) electrons. The van der Waals surface area contributed by atoms with Crippen LogP contribution >= 0.6 is 11.8 Å². The standard InChI is InChI=1S/C39H33FN2O4S/c1-25-19-32-36(45-23-31-16-13-29(21-41-31)27-7-3-2-4-8-27)18-17-33-38(32)39(47-25)34(42(33)22-26-11-14-30(40)15-12-26)24-46-35-10-6-5-9-28(35)20-37(43)44/h2-18,21,25H,19-20,22-24H2,1H3,(H,43,44). The summed E-state index contributed by atoms with van der Waals surface area (Å²) in [5.41, 5.74) is 7.80. The monoisotopic (exact) mass is 644 g/mol. The summed E-state index contributed by atoms with van der Waals surface area (Å²) in [6, 6.07) is 32.2. The Bertz CT molecular complexity index is 2040. The molecule has 0 aliphatic carbocycles. The fraction of sp³-hybridized carbons (Fsp3) is 0.179. The number of carboxylic acids is 1. The number of aliphatic carboxylic acids is 1. The topological polar surface area (TPSA) is 73.6 Å². The molecule has 0 saturated heterocycles. The SMILES string of the molecule is CC1Cc2c(OCc3ccc(-c4ccccc4)cn3)ccc3c2c(c(COc2ccccc2CC(=O)O)n3Cc2ccc(F)cc2)S1. The molecule has 6 nitrogen and oxygen atoms in total. The molecule has 6 aromatic rings. The Morgan fingerprint density at radius 2 is 1.66 bits per heavy atom. The van der Waals surface area contributed by atoms with Gasteiger partial charge in [-0.05, 0) is 53.9 Å². The van der Waals surface area contributed by atoms with Crippen LogP contribution in [0.5, 0.6) is 11.5 Å². The number of hydrogen-bond donors (Lipinski definition) is 1. The number of halogens is 1. The molecule has 1 unspecified atom stereocenters. The van der Waals surface area contributed by atoms with Crippen LogP contribution in [0, 0.1) is 5.82 Å². The minimum Gasteiger partial charge on any atom is -0.487 e. The highest BCUT2D eigenvalue weighted by Crippen LogP contribution is 2.47. The zero-order chi connectivity index (χ0) is 32.3. The van der Waals surface area contributed by atoms with E-state index in [0.717, 1.165) is 61.6 Å². The van der Waals surface area contributed by atoms with Crippen LogP contribution in [0.3, 0.4) is 0 Å². The predicted octanol–water partition coefficient (Wildman–Crippen LogP) is 8.71. The van der Waals surface area contributed by atoms with Crippen LogP contribution in [0.1, 0.15) is 35.0 Å². The second-order valence-corrected chi connectivity index (χ2v) is 13.2. The molecule has 7 rings (SSSR count). The van der Waals surface area contributed by atoms with Crippen molar-refractivity contribution in [3.8, 4) is 22.6 Å². The number of thioether (sulfide) groups is 1. The van der Waals surface area contributed by atoms with E-state index in [1.807, 2.05) is 66.5 Å². The van der Waals surface area contributed by atoms with Crippen LogP contribution in [0.25, 0.3) is 22.0 Å². The van der Waals surface area contributed by atoms with Gasteiger partial charge in [0.25, 0.3) is 0 Å². The van der Waals surface area contributed by atoms with Crippen LogP contribution in [0.2, 0.25) is 0 Å². The summed E-state index contributed by atoms with van der Waals surface area (Å²) in [5.74, 6) is 0.189. The molecule has 8 heteroatoms. The smallest absolute Gasteiger partial charge is 0.307 e. The average molecular weight is 645 g/mol. The maximum absolute atomic E-state index is 13.8. The van der Waals surface area contributed by atoms with Gasteiger partial charge in [0.2, 0.25) is 0 Å². The van der Waals surface area contributed by atoms with Crippen molar-refractivity contribution in [2.75, 3.05) is 0 Å². The molecule has 2 aromatic heterocycles. The first-order valence-electron chi connectivity index (χ1n) is 15.6. The molecule has 0 bridgehead atoms. The van der Waals surface area contributed by atoms with Gasteiger partial charge in [0, 0.05) is 45.0 Å². The second-order valence-electron chi connectivity index (χ2n) is 11.7. The van der Waals surface area contributed by atoms with E-state index in [2.05, 4.69) is 40.7 Å². The first kappa shape index (κ1) is 30.6. The van der Waals surface area contributed by atoms with Crippen molar-refractivity contribution in [2.45, 2.75) is 49.7 Å². The van der Waals surface area contributed by atoms with Crippen molar-refractivity contribution in [2.24, 2.45) is 0 Å². The van der Waals surface area contributed by atoms with Crippen molar-refractivity contribution < 1.29 is 23.8 Å². The highest BCUT2D eigenvalue weighted by molar-refractivity contribution is 8.00. The Labute approximate surface area is 276 Å². The van der Waals surface area contributed by atoms with Crippen LogP contribution in [0.4, 0.5) is 4.39 Å². The minimum absolute atomic E-state index is 0.123. The third-order valence-electron chi connectivity index (χ3n) is 8.40. The summed E-state index contributed by atoms with van der Waals surface area (Å²) < 4.78 is 28.9. The van der Waals surface area contributed by atoms with E-state index in [0.29, 0.717) is 29.7 Å². The van der Waals surface area contributed by atoms with Gasteiger partial charge in [0.1, 0.15) is 30.5 Å². The van der Waals surface area contributed by atoms with Crippen LogP contribution in [-0.4, -0.2) is 25.9 Å². The van der Waals surface area contributed by atoms with Crippen LogP contribution in [-0.2, 0) is 37.4 Å². The van der Waals surface area contributed by atoms with Crippen molar-refractivity contribution in [1.82, 2.24) is 9.55 Å². The number of nitrogens with zero attached hydrogens (tertiary/aromatic N) is 2. The largest absolute Gasteiger partial charge is 0.487 e. The average Bonchev–Trinajstić information content (AvgIpc) is 3.37. The summed E-state index contributed by atoms with van der Waals surface area (Å²) in [6.07, 6.45) is 2.60. The second kappa shape index (κ2) is 13.3. The van der Waals surface area contributed by atoms with E-state index in [4.69, 9.17) is 9.47 Å². The van der Waals surface area contributed by atoms with Gasteiger partial charge in [-0.15, -0.1) is 11.8 Å². The van der Waals surface area contributed by atoms with E-state index < -0.39 is 5.97 Å². The number of hydrogen-bond acceptors (Lipinski definition) is 5. The van der Waals surface area contributed by atoms with Crippen molar-refractivity contribution >= 4 is 28.6 Å². The van der Waals surface area contributed by atoms with E-state index >= 15 is 0 Å². The van der Waals surface area contributed by atoms with E-state index in [1.54, 1.807) is 18.2 Å². The lowest BCUT2D eigenvalue weighted by Crippen LogP contribution is -2.11. The van der Waals surface area contributed by atoms with Crippen molar-refractivity contribution in [1.29, 1.82) is 0 Å². The molecule has 1 aliphatic rings. The van der Waals surface area contributed by atoms with E-state index in [1.165, 1.54) is 12.1 Å². The lowest BCUT2D eigenvalue weighted by atomic mass is 10.0. The Morgan fingerprint density at radius 3 is 2.43 bits per heavy atom. The molecule has 0 saturated carbocycles. The Balaban J connectivity index is 1.24. The summed E-state index contributed by atoms with van der Waals surface area (Å²) in [4.78, 5) is 17.3. The molecule has 1 N–H and O–H groups in total. The lowest BCUT2D eigenvalue weighted by molar-refractivity contribution is -0.136. The molecule has 4 aromatic carbocycles. The zero-order valence-electron chi connectivity index (χ0n) is 25.9. The van der Waals surface area contributed by atoms with Gasteiger partial charge in [-0.2, -0.15) is 0 Å². The molecular formula is C39H33FN2O4S. The molecule has 1 atom stereocenters. The Morgan fingerprint density at radius 1 is 0.894 bits per heavy atom. The highest BCUT2D eigenvalue weighted by atomic mass is 32.2. The highest BCUT2D eigenvalue weighted by Gasteiger charge is 2.29. The first-order chi connectivity index (χ1) is 22.9. The summed E-state index contributed by atoms with van der Waals surface area (Å²) in [6.45, 7) is 3.33. The lowest BCUT2D eigenvalue weighted by Gasteiger charge is -2.22. The quantitative estimate of drug-likeness (QED) is 0.152. The van der Waals surface area contributed by atoms with Gasteiger partial charge < -0.3 is 19.1 Å². The molecule has 3 heterocycles. The van der Waals surface area contributed by atoms with Gasteiger partial charge in [0.15, 0.2) is 0 Å². The van der Waals surface area contributed by atoms with E-state index in [-0.39, 0.29) is 18.8 Å². The number of carbonyl (C=O) groups is 1. The molecule has 1 aliphatic heterocycles. The number of benzene rings is 4. The minimum atomic E-state index is -0.912. The fourth-order valence-electron chi connectivity index (χ4n) is 6.16. The van der Waals surface area contributed by atoms with Crippen LogP contribution < -0.4 is 9.47 Å². The maximum Gasteiger partial charge on any atom is 0.307 e. The molecular weight excluding hydrogens is 612 g/mol. The Kier molecular flexibility index (Phi) is 8.68. The number of para-hydroxylation sites is 1. The first-order valence-corrected chi connectivity index (χ1v) is 16.4. The number of rotatable bonds is 11. The van der Waals surface area contributed by atoms with Crippen molar-refractivity contribution in [3.05, 3.63) is 143 Å². The van der Waals surface area contributed by atoms with Gasteiger partial charge >= 0.3 is 5.97 Å². The molecule has 0 spiro atoms. The molecule has 0 fully saturated rings. The predicted molar refractivity (Wildman–Crippen MR) is 183 cm³/mol. The summed E-state index contributed by atoms with van der Waals surface area (Å²) in [7, 11) is 0. The van der Waals surface area contributed by atoms with E-state index in [9.17, 15) is 14.3 Å². The maximum atomic E-state index is 13.8. The fourth-order valence-corrected chi connectivity index (χ4v) is 7.46. The number of pyridine rings is 1.